The van der Waals surface area contributed by atoms with Crippen molar-refractivity contribution in [1.29, 1.82) is 0 Å². The Morgan fingerprint density at radius 3 is 2.57 bits per heavy atom. The maximum Gasteiger partial charge on any atom is 0.284 e. The number of rotatable bonds is 3. The summed E-state index contributed by atoms with van der Waals surface area (Å²) < 4.78 is 0.952. The molecule has 0 N–H and O–H groups in total. The number of carbonyl (C=O) groups is 1. The molecule has 1 aliphatic rings. The lowest BCUT2D eigenvalue weighted by molar-refractivity contribution is -0.113. The average molecular weight is 448 g/mol. The van der Waals surface area contributed by atoms with Crippen molar-refractivity contribution in [2.24, 2.45) is 4.99 Å². The predicted molar refractivity (Wildman–Crippen MR) is 127 cm³/mol. The van der Waals surface area contributed by atoms with E-state index < -0.39 is 0 Å². The number of amides is 1. The van der Waals surface area contributed by atoms with E-state index in [4.69, 9.17) is 11.6 Å². The van der Waals surface area contributed by atoms with Crippen molar-refractivity contribution < 1.29 is 4.79 Å². The van der Waals surface area contributed by atoms with E-state index in [2.05, 4.69) is 22.6 Å². The zero-order valence-electron chi connectivity index (χ0n) is 15.5. The van der Waals surface area contributed by atoms with Gasteiger partial charge in [-0.25, -0.2) is 14.9 Å². The number of nitrogens with zero attached hydrogens (tertiary/aromatic N) is 3. The smallest absolute Gasteiger partial charge is 0.266 e. The molecule has 146 valence electrons. The Hall–Kier alpha value is -2.93. The molecule has 7 heteroatoms. The van der Waals surface area contributed by atoms with Crippen LogP contribution in [0.3, 0.4) is 0 Å². The Balaban J connectivity index is 1.66. The summed E-state index contributed by atoms with van der Waals surface area (Å²) in [6.07, 6.45) is 1.76. The molecule has 0 spiro atoms. The summed E-state index contributed by atoms with van der Waals surface area (Å²) >= 11 is 12.0. The van der Waals surface area contributed by atoms with Gasteiger partial charge in [0, 0.05) is 15.5 Å². The summed E-state index contributed by atoms with van der Waals surface area (Å²) in [6, 6.07) is 22.7. The number of thiol groups is 1. The first-order valence-electron chi connectivity index (χ1n) is 9.14. The third-order valence-electron chi connectivity index (χ3n) is 4.65. The number of fused-ring (bicyclic) bond motifs is 1. The Morgan fingerprint density at radius 1 is 1.00 bits per heavy atom. The second-order valence-electron chi connectivity index (χ2n) is 6.64. The molecular formula is C23H14ClN3OS2. The number of carbonyl (C=O) groups excluding carboxylic acids is 1. The molecule has 0 radical (unpaired) electrons. The molecule has 2 heterocycles. The minimum absolute atomic E-state index is 0.226. The zero-order valence-corrected chi connectivity index (χ0v) is 18.0. The minimum Gasteiger partial charge on any atom is -0.266 e. The fraction of sp³-hybridized carbons (Fsp3) is 0. The van der Waals surface area contributed by atoms with Crippen LogP contribution in [0.2, 0.25) is 5.02 Å². The molecule has 1 amide bonds. The van der Waals surface area contributed by atoms with E-state index in [9.17, 15) is 4.79 Å². The van der Waals surface area contributed by atoms with Gasteiger partial charge in [-0.3, -0.25) is 4.79 Å². The van der Waals surface area contributed by atoms with E-state index in [1.54, 1.807) is 17.0 Å². The van der Waals surface area contributed by atoms with Crippen LogP contribution in [0.4, 0.5) is 5.13 Å². The van der Waals surface area contributed by atoms with Gasteiger partial charge in [-0.2, -0.15) is 0 Å². The van der Waals surface area contributed by atoms with Crippen LogP contribution in [0.15, 0.2) is 88.4 Å². The van der Waals surface area contributed by atoms with Crippen molar-refractivity contribution in [3.8, 4) is 0 Å². The molecular weight excluding hydrogens is 434 g/mol. The molecule has 0 unspecified atom stereocenters. The first-order chi connectivity index (χ1) is 14.6. The van der Waals surface area contributed by atoms with E-state index in [1.165, 1.54) is 11.3 Å². The summed E-state index contributed by atoms with van der Waals surface area (Å²) in [5.74, 6) is 0.323. The SMILES string of the molecule is O=C1C(=Cc2ccccc2S)N=C(c2ccccc2)N1c1nc2cc(Cl)ccc2s1. The summed E-state index contributed by atoms with van der Waals surface area (Å²) in [4.78, 5) is 25.1. The highest BCUT2D eigenvalue weighted by molar-refractivity contribution is 7.80. The van der Waals surface area contributed by atoms with Gasteiger partial charge in [-0.15, -0.1) is 12.6 Å². The molecule has 1 aromatic heterocycles. The molecule has 0 fully saturated rings. The average Bonchev–Trinajstić information content (AvgIpc) is 3.30. The van der Waals surface area contributed by atoms with E-state index in [-0.39, 0.29) is 5.91 Å². The van der Waals surface area contributed by atoms with E-state index >= 15 is 0 Å². The highest BCUT2D eigenvalue weighted by atomic mass is 35.5. The Bertz CT molecular complexity index is 1350. The maximum absolute atomic E-state index is 13.4. The molecule has 4 aromatic rings. The van der Waals surface area contributed by atoms with Crippen LogP contribution in [0.1, 0.15) is 11.1 Å². The minimum atomic E-state index is -0.226. The van der Waals surface area contributed by atoms with Crippen molar-refractivity contribution in [3.05, 3.63) is 94.6 Å². The van der Waals surface area contributed by atoms with Gasteiger partial charge < -0.3 is 0 Å². The molecule has 5 rings (SSSR count). The van der Waals surface area contributed by atoms with Crippen LogP contribution in [0, 0.1) is 0 Å². The van der Waals surface area contributed by atoms with Gasteiger partial charge in [0.05, 0.1) is 10.2 Å². The number of benzene rings is 3. The van der Waals surface area contributed by atoms with Crippen molar-refractivity contribution in [3.63, 3.8) is 0 Å². The highest BCUT2D eigenvalue weighted by Crippen LogP contribution is 2.35. The van der Waals surface area contributed by atoms with Crippen LogP contribution >= 0.6 is 35.6 Å². The molecule has 0 bridgehead atoms. The number of anilines is 1. The lowest BCUT2D eigenvalue weighted by atomic mass is 10.2. The summed E-state index contributed by atoms with van der Waals surface area (Å²) in [5.41, 5.74) is 2.76. The summed E-state index contributed by atoms with van der Waals surface area (Å²) in [7, 11) is 0. The topological polar surface area (TPSA) is 45.6 Å². The van der Waals surface area contributed by atoms with Gasteiger partial charge >= 0.3 is 0 Å². The Morgan fingerprint density at radius 2 is 1.77 bits per heavy atom. The maximum atomic E-state index is 13.4. The van der Waals surface area contributed by atoms with Gasteiger partial charge in [0.2, 0.25) is 0 Å². The first-order valence-corrected chi connectivity index (χ1v) is 10.8. The van der Waals surface area contributed by atoms with Gasteiger partial charge in [0.1, 0.15) is 11.5 Å². The van der Waals surface area contributed by atoms with Gasteiger partial charge in [0.25, 0.3) is 5.91 Å². The fourth-order valence-electron chi connectivity index (χ4n) is 3.22. The van der Waals surface area contributed by atoms with Crippen LogP contribution < -0.4 is 4.90 Å². The summed E-state index contributed by atoms with van der Waals surface area (Å²) in [6.45, 7) is 0. The number of aromatic nitrogens is 1. The van der Waals surface area contributed by atoms with Crippen LogP contribution in [-0.2, 0) is 4.79 Å². The number of hydrogen-bond acceptors (Lipinski definition) is 5. The van der Waals surface area contributed by atoms with Crippen LogP contribution in [-0.4, -0.2) is 16.7 Å². The molecule has 1 aliphatic heterocycles. The number of amidine groups is 1. The van der Waals surface area contributed by atoms with E-state index in [0.29, 0.717) is 21.7 Å². The first kappa shape index (κ1) is 19.1. The third kappa shape index (κ3) is 3.43. The Labute approximate surface area is 187 Å². The van der Waals surface area contributed by atoms with E-state index in [0.717, 1.165) is 26.2 Å². The van der Waals surface area contributed by atoms with Crippen molar-refractivity contribution in [2.45, 2.75) is 4.90 Å². The lowest BCUT2D eigenvalue weighted by Gasteiger charge is -2.14. The number of aliphatic imine (C=N–C) groups is 1. The molecule has 0 saturated heterocycles. The largest absolute Gasteiger partial charge is 0.284 e. The number of thiazole rings is 1. The summed E-state index contributed by atoms with van der Waals surface area (Å²) in [5, 5.41) is 1.16. The van der Waals surface area contributed by atoms with Crippen LogP contribution in [0.25, 0.3) is 16.3 Å². The lowest BCUT2D eigenvalue weighted by Crippen LogP contribution is -2.32. The van der Waals surface area contributed by atoms with Crippen molar-refractivity contribution in [2.75, 3.05) is 4.90 Å². The number of hydrogen-bond donors (Lipinski definition) is 1. The predicted octanol–water partition coefficient (Wildman–Crippen LogP) is 6.07. The second-order valence-corrected chi connectivity index (χ2v) is 8.57. The fourth-order valence-corrected chi connectivity index (χ4v) is 4.55. The molecule has 4 nitrogen and oxygen atoms in total. The van der Waals surface area contributed by atoms with Crippen LogP contribution in [0.5, 0.6) is 0 Å². The monoisotopic (exact) mass is 447 g/mol. The van der Waals surface area contributed by atoms with Crippen molar-refractivity contribution in [1.82, 2.24) is 4.98 Å². The molecule has 0 saturated carbocycles. The normalized spacial score (nSPS) is 15.3. The highest BCUT2D eigenvalue weighted by Gasteiger charge is 2.34. The quantitative estimate of drug-likeness (QED) is 0.306. The molecule has 0 atom stereocenters. The second kappa shape index (κ2) is 7.72. The molecule has 0 aliphatic carbocycles. The number of halogens is 1. The van der Waals surface area contributed by atoms with Gasteiger partial charge in [0.15, 0.2) is 5.13 Å². The zero-order chi connectivity index (χ0) is 20.7. The Kier molecular flexibility index (Phi) is 4.90. The molecule has 3 aromatic carbocycles. The van der Waals surface area contributed by atoms with Gasteiger partial charge in [-0.05, 0) is 35.9 Å². The van der Waals surface area contributed by atoms with Crippen molar-refractivity contribution >= 4 is 68.7 Å². The molecule has 30 heavy (non-hydrogen) atoms. The van der Waals surface area contributed by atoms with E-state index in [1.807, 2.05) is 66.7 Å². The van der Waals surface area contributed by atoms with Gasteiger partial charge in [-0.1, -0.05) is 71.5 Å². The standard InChI is InChI=1S/C23H14ClN3OS2/c24-16-10-11-20-17(13-16)26-23(30-20)27-21(14-6-2-1-3-7-14)25-18(22(27)28)12-15-8-4-5-9-19(15)29/h1-13,29H. The third-order valence-corrected chi connectivity index (χ3v) is 6.31.